The second-order valence-corrected chi connectivity index (χ2v) is 9.26. The van der Waals surface area contributed by atoms with E-state index in [9.17, 15) is 14.9 Å². The molecule has 0 unspecified atom stereocenters. The van der Waals surface area contributed by atoms with Gasteiger partial charge in [-0.25, -0.2) is 9.97 Å². The van der Waals surface area contributed by atoms with E-state index in [2.05, 4.69) is 16.0 Å². The maximum absolute atomic E-state index is 12.3. The van der Waals surface area contributed by atoms with Crippen LogP contribution in [0, 0.1) is 11.3 Å². The van der Waals surface area contributed by atoms with E-state index in [0.29, 0.717) is 20.8 Å². The Balaban J connectivity index is 1.68. The van der Waals surface area contributed by atoms with Gasteiger partial charge in [0.1, 0.15) is 21.7 Å². The highest BCUT2D eigenvalue weighted by Crippen LogP contribution is 2.30. The monoisotopic (exact) mass is 437 g/mol. The number of rotatable bonds is 7. The lowest BCUT2D eigenvalue weighted by Crippen LogP contribution is -2.29. The lowest BCUT2D eigenvalue weighted by Gasteiger charge is -2.16. The van der Waals surface area contributed by atoms with Crippen molar-refractivity contribution in [3.63, 3.8) is 0 Å². The number of carbonyl (C=O) groups excluding carboxylic acids is 2. The molecular formula is C18H23N5O2S3. The SMILES string of the molecule is CSc1nc(SCC(=O)N2CCCC2)nc(SCC(=O)N2CCCC2)c1C#N. The summed E-state index contributed by atoms with van der Waals surface area (Å²) in [5, 5.41) is 11.1. The van der Waals surface area contributed by atoms with Gasteiger partial charge in [-0.1, -0.05) is 23.5 Å². The van der Waals surface area contributed by atoms with Gasteiger partial charge in [0.2, 0.25) is 11.8 Å². The van der Waals surface area contributed by atoms with E-state index in [0.717, 1.165) is 51.9 Å². The predicted octanol–water partition coefficient (Wildman–Crippen LogP) is 2.50. The summed E-state index contributed by atoms with van der Waals surface area (Å²) in [6.45, 7) is 3.26. The van der Waals surface area contributed by atoms with Crippen LogP contribution in [0.1, 0.15) is 31.2 Å². The van der Waals surface area contributed by atoms with Crippen molar-refractivity contribution in [1.82, 2.24) is 19.8 Å². The van der Waals surface area contributed by atoms with Crippen molar-refractivity contribution in [2.24, 2.45) is 0 Å². The van der Waals surface area contributed by atoms with Crippen molar-refractivity contribution in [2.75, 3.05) is 43.9 Å². The molecule has 0 spiro atoms. The van der Waals surface area contributed by atoms with E-state index >= 15 is 0 Å². The lowest BCUT2D eigenvalue weighted by molar-refractivity contribution is -0.128. The number of hydrogen-bond acceptors (Lipinski definition) is 8. The van der Waals surface area contributed by atoms with Gasteiger partial charge in [0, 0.05) is 26.2 Å². The average molecular weight is 438 g/mol. The maximum Gasteiger partial charge on any atom is 0.233 e. The van der Waals surface area contributed by atoms with Crippen LogP contribution in [0.15, 0.2) is 15.2 Å². The Hall–Kier alpha value is -1.44. The van der Waals surface area contributed by atoms with E-state index in [1.54, 1.807) is 0 Å². The minimum atomic E-state index is 0.0779. The van der Waals surface area contributed by atoms with E-state index in [-0.39, 0.29) is 23.3 Å². The quantitative estimate of drug-likeness (QED) is 0.365. The molecule has 10 heteroatoms. The third-order valence-corrected chi connectivity index (χ3v) is 7.18. The molecule has 2 aliphatic heterocycles. The van der Waals surface area contributed by atoms with Crippen LogP contribution in [0.5, 0.6) is 0 Å². The summed E-state index contributed by atoms with van der Waals surface area (Å²) < 4.78 is 0. The molecule has 1 aromatic heterocycles. The predicted molar refractivity (Wildman–Crippen MR) is 112 cm³/mol. The normalized spacial score (nSPS) is 16.4. The maximum atomic E-state index is 12.3. The van der Waals surface area contributed by atoms with Crippen LogP contribution in [0.4, 0.5) is 0 Å². The molecule has 3 rings (SSSR count). The first-order chi connectivity index (χ1) is 13.6. The summed E-state index contributed by atoms with van der Waals surface area (Å²) in [6.07, 6.45) is 6.08. The van der Waals surface area contributed by atoms with E-state index < -0.39 is 0 Å². The van der Waals surface area contributed by atoms with Crippen molar-refractivity contribution in [3.05, 3.63) is 5.56 Å². The average Bonchev–Trinajstić information content (AvgIpc) is 3.43. The molecule has 0 radical (unpaired) electrons. The summed E-state index contributed by atoms with van der Waals surface area (Å²) in [7, 11) is 0. The van der Waals surface area contributed by atoms with Crippen LogP contribution in [0.2, 0.25) is 0 Å². The van der Waals surface area contributed by atoms with Crippen LogP contribution < -0.4 is 0 Å². The molecule has 1 aromatic rings. The van der Waals surface area contributed by atoms with Crippen molar-refractivity contribution in [3.8, 4) is 6.07 Å². The zero-order valence-corrected chi connectivity index (χ0v) is 18.3. The van der Waals surface area contributed by atoms with Gasteiger partial charge in [-0.3, -0.25) is 9.59 Å². The van der Waals surface area contributed by atoms with Gasteiger partial charge in [0.25, 0.3) is 0 Å². The minimum Gasteiger partial charge on any atom is -0.342 e. The zero-order chi connectivity index (χ0) is 19.9. The van der Waals surface area contributed by atoms with Gasteiger partial charge in [-0.05, 0) is 31.9 Å². The Morgan fingerprint density at radius 2 is 1.43 bits per heavy atom. The molecule has 2 aliphatic rings. The van der Waals surface area contributed by atoms with Crippen molar-refractivity contribution in [2.45, 2.75) is 40.9 Å². The standard InChI is InChI=1S/C18H23N5O2S3/c1-26-16-13(10-19)17(27-11-14(24)22-6-2-3-7-22)21-18(20-16)28-12-15(25)23-8-4-5-9-23/h2-9,11-12H2,1H3. The molecule has 2 fully saturated rings. The van der Waals surface area contributed by atoms with Crippen molar-refractivity contribution in [1.29, 1.82) is 5.26 Å². The molecule has 0 atom stereocenters. The third-order valence-electron chi connectivity index (χ3n) is 4.70. The fourth-order valence-corrected chi connectivity index (χ4v) is 5.52. The summed E-state index contributed by atoms with van der Waals surface area (Å²) in [5.41, 5.74) is 0.405. The Morgan fingerprint density at radius 3 is 1.93 bits per heavy atom. The number of hydrogen-bond donors (Lipinski definition) is 0. The highest BCUT2D eigenvalue weighted by atomic mass is 32.2. The first kappa shape index (κ1) is 21.3. The van der Waals surface area contributed by atoms with Gasteiger partial charge in [0.05, 0.1) is 11.5 Å². The van der Waals surface area contributed by atoms with Gasteiger partial charge >= 0.3 is 0 Å². The number of aromatic nitrogens is 2. The second kappa shape index (κ2) is 10.4. The number of nitrogens with zero attached hydrogens (tertiary/aromatic N) is 5. The number of carbonyl (C=O) groups is 2. The van der Waals surface area contributed by atoms with Crippen LogP contribution >= 0.6 is 35.3 Å². The molecule has 3 heterocycles. The number of likely N-dealkylation sites (tertiary alicyclic amines) is 2. The topological polar surface area (TPSA) is 90.2 Å². The van der Waals surface area contributed by atoms with Gasteiger partial charge < -0.3 is 9.80 Å². The molecule has 0 bridgehead atoms. The second-order valence-electron chi connectivity index (χ2n) is 6.56. The van der Waals surface area contributed by atoms with Crippen LogP contribution in [0.25, 0.3) is 0 Å². The largest absolute Gasteiger partial charge is 0.342 e. The lowest BCUT2D eigenvalue weighted by atomic mass is 10.4. The van der Waals surface area contributed by atoms with Crippen LogP contribution in [-0.2, 0) is 9.59 Å². The highest BCUT2D eigenvalue weighted by molar-refractivity contribution is 8.01. The Morgan fingerprint density at radius 1 is 0.929 bits per heavy atom. The Labute approximate surface area is 178 Å². The molecule has 0 aliphatic carbocycles. The summed E-state index contributed by atoms with van der Waals surface area (Å²) >= 11 is 3.95. The molecule has 0 saturated carbocycles. The van der Waals surface area contributed by atoms with Gasteiger partial charge in [-0.15, -0.1) is 11.8 Å². The molecule has 0 N–H and O–H groups in total. The van der Waals surface area contributed by atoms with E-state index in [1.165, 1.54) is 35.3 Å². The van der Waals surface area contributed by atoms with E-state index in [4.69, 9.17) is 0 Å². The molecule has 0 aromatic carbocycles. The molecule has 2 saturated heterocycles. The summed E-state index contributed by atoms with van der Waals surface area (Å²) in [5.74, 6) is 0.723. The van der Waals surface area contributed by atoms with Gasteiger partial charge in [-0.2, -0.15) is 5.26 Å². The first-order valence-corrected chi connectivity index (χ1v) is 12.5. The minimum absolute atomic E-state index is 0.0779. The Kier molecular flexibility index (Phi) is 7.88. The molecule has 7 nitrogen and oxygen atoms in total. The molecule has 2 amide bonds. The van der Waals surface area contributed by atoms with Crippen LogP contribution in [-0.4, -0.2) is 75.5 Å². The van der Waals surface area contributed by atoms with Crippen molar-refractivity contribution < 1.29 is 9.59 Å². The van der Waals surface area contributed by atoms with E-state index in [1.807, 2.05) is 16.1 Å². The molecular weight excluding hydrogens is 414 g/mol. The van der Waals surface area contributed by atoms with Gasteiger partial charge in [0.15, 0.2) is 5.16 Å². The fraction of sp³-hybridized carbons (Fsp3) is 0.611. The van der Waals surface area contributed by atoms with Crippen LogP contribution in [0.3, 0.4) is 0 Å². The smallest absolute Gasteiger partial charge is 0.233 e. The summed E-state index contributed by atoms with van der Waals surface area (Å²) in [6, 6.07) is 2.17. The summed E-state index contributed by atoms with van der Waals surface area (Å²) in [4.78, 5) is 37.3. The number of amides is 2. The number of nitriles is 1. The fourth-order valence-electron chi connectivity index (χ4n) is 3.19. The molecule has 150 valence electrons. The Bertz CT molecular complexity index is 771. The highest BCUT2D eigenvalue weighted by Gasteiger charge is 2.22. The first-order valence-electron chi connectivity index (χ1n) is 9.29. The van der Waals surface area contributed by atoms with Crippen molar-refractivity contribution >= 4 is 47.1 Å². The molecule has 28 heavy (non-hydrogen) atoms. The number of thioether (sulfide) groups is 3. The third kappa shape index (κ3) is 5.33. The zero-order valence-electron chi connectivity index (χ0n) is 15.8.